The van der Waals surface area contributed by atoms with Gasteiger partial charge in [0.1, 0.15) is 0 Å². The first-order valence-electron chi connectivity index (χ1n) is 5.28. The molecule has 1 aromatic heterocycles. The van der Waals surface area contributed by atoms with Crippen LogP contribution in [0.15, 0.2) is 12.5 Å². The molecule has 3 N–H and O–H groups in total. The molecule has 0 bridgehead atoms. The second-order valence-electron chi connectivity index (χ2n) is 3.86. The third-order valence-corrected chi connectivity index (χ3v) is 1.93. The number of nitrogens with one attached hydrogen (secondary N) is 2. The average molecular weight is 240 g/mol. The number of hydrogen-bond donors (Lipinski definition) is 3. The van der Waals surface area contributed by atoms with Crippen LogP contribution in [0.1, 0.15) is 24.3 Å². The van der Waals surface area contributed by atoms with Crippen LogP contribution < -0.4 is 10.6 Å². The number of carboxylic acids is 1. The van der Waals surface area contributed by atoms with Crippen molar-refractivity contribution in [3.63, 3.8) is 0 Å². The maximum atomic E-state index is 11.2. The Bertz CT molecular complexity index is 400. The van der Waals surface area contributed by atoms with E-state index in [9.17, 15) is 9.59 Å². The summed E-state index contributed by atoms with van der Waals surface area (Å²) >= 11 is 0. The molecular formula is C10H16N4O3. The number of amides is 2. The van der Waals surface area contributed by atoms with E-state index in [0.29, 0.717) is 13.1 Å². The lowest BCUT2D eigenvalue weighted by molar-refractivity contribution is 0.0691. The lowest BCUT2D eigenvalue weighted by Crippen LogP contribution is -2.40. The van der Waals surface area contributed by atoms with Gasteiger partial charge in [-0.1, -0.05) is 0 Å². The van der Waals surface area contributed by atoms with Crippen molar-refractivity contribution >= 4 is 12.0 Å². The first-order valence-corrected chi connectivity index (χ1v) is 5.28. The van der Waals surface area contributed by atoms with Crippen molar-refractivity contribution in [1.82, 2.24) is 20.2 Å². The zero-order chi connectivity index (χ0) is 12.8. The molecule has 1 rings (SSSR count). The van der Waals surface area contributed by atoms with Crippen LogP contribution in [0, 0.1) is 0 Å². The second kappa shape index (κ2) is 5.88. The molecule has 94 valence electrons. The molecule has 0 unspecified atom stereocenters. The van der Waals surface area contributed by atoms with Crippen LogP contribution in [-0.2, 0) is 6.54 Å². The predicted octanol–water partition coefficient (Wildman–Crippen LogP) is 0.289. The van der Waals surface area contributed by atoms with E-state index in [1.807, 2.05) is 13.8 Å². The van der Waals surface area contributed by atoms with Crippen LogP contribution in [0.25, 0.3) is 0 Å². The molecule has 1 aromatic rings. The molecule has 0 fully saturated rings. The topological polar surface area (TPSA) is 96.3 Å². The highest BCUT2D eigenvalue weighted by Gasteiger charge is 2.06. The Kier molecular flexibility index (Phi) is 4.50. The van der Waals surface area contributed by atoms with Gasteiger partial charge in [-0.25, -0.2) is 14.6 Å². The van der Waals surface area contributed by atoms with E-state index in [2.05, 4.69) is 15.6 Å². The summed E-state index contributed by atoms with van der Waals surface area (Å²) in [6.07, 6.45) is 2.84. The number of carbonyl (C=O) groups is 2. The number of carboxylic acid groups (broad SMARTS) is 1. The largest absolute Gasteiger partial charge is 0.476 e. The minimum absolute atomic E-state index is 0.00312. The molecule has 0 aliphatic carbocycles. The van der Waals surface area contributed by atoms with E-state index in [0.717, 1.165) is 0 Å². The predicted molar refractivity (Wildman–Crippen MR) is 60.9 cm³/mol. The highest BCUT2D eigenvalue weighted by atomic mass is 16.4. The number of carbonyl (C=O) groups excluding carboxylic acids is 1. The molecule has 17 heavy (non-hydrogen) atoms. The molecule has 7 heteroatoms. The van der Waals surface area contributed by atoms with Crippen molar-refractivity contribution in [2.45, 2.75) is 26.4 Å². The molecule has 2 amide bonds. The highest BCUT2D eigenvalue weighted by molar-refractivity contribution is 5.84. The number of aromatic carboxylic acids is 1. The number of urea groups is 1. The van der Waals surface area contributed by atoms with Crippen molar-refractivity contribution in [2.75, 3.05) is 6.54 Å². The van der Waals surface area contributed by atoms with E-state index in [1.165, 1.54) is 12.5 Å². The van der Waals surface area contributed by atoms with Crippen molar-refractivity contribution < 1.29 is 14.7 Å². The van der Waals surface area contributed by atoms with Crippen molar-refractivity contribution in [3.8, 4) is 0 Å². The fourth-order valence-electron chi connectivity index (χ4n) is 1.20. The summed E-state index contributed by atoms with van der Waals surface area (Å²) in [6, 6.07) is -0.152. The van der Waals surface area contributed by atoms with Gasteiger partial charge in [0, 0.05) is 25.3 Å². The average Bonchev–Trinajstić information content (AvgIpc) is 2.65. The minimum Gasteiger partial charge on any atom is -0.476 e. The summed E-state index contributed by atoms with van der Waals surface area (Å²) in [5, 5.41) is 14.0. The van der Waals surface area contributed by atoms with E-state index >= 15 is 0 Å². The Morgan fingerprint density at radius 3 is 2.76 bits per heavy atom. The molecule has 0 aromatic carbocycles. The molecule has 0 aliphatic heterocycles. The Balaban J connectivity index is 2.31. The van der Waals surface area contributed by atoms with Gasteiger partial charge in [-0.15, -0.1) is 0 Å². The quantitative estimate of drug-likeness (QED) is 0.689. The molecule has 0 aliphatic rings. The molecule has 0 spiro atoms. The molecule has 1 heterocycles. The fourth-order valence-corrected chi connectivity index (χ4v) is 1.20. The summed E-state index contributed by atoms with van der Waals surface area (Å²) < 4.78 is 1.61. The van der Waals surface area contributed by atoms with Gasteiger partial charge in [-0.05, 0) is 13.8 Å². The number of imidazole rings is 1. The lowest BCUT2D eigenvalue weighted by atomic mass is 10.4. The van der Waals surface area contributed by atoms with E-state index in [-0.39, 0.29) is 17.8 Å². The summed E-state index contributed by atoms with van der Waals surface area (Å²) in [5.41, 5.74) is -0.00312. The molecule has 0 radical (unpaired) electrons. The third-order valence-electron chi connectivity index (χ3n) is 1.93. The maximum absolute atomic E-state index is 11.2. The summed E-state index contributed by atoms with van der Waals surface area (Å²) in [7, 11) is 0. The summed E-state index contributed by atoms with van der Waals surface area (Å²) in [4.78, 5) is 25.5. The minimum atomic E-state index is -1.06. The van der Waals surface area contributed by atoms with Crippen LogP contribution >= 0.6 is 0 Å². The monoisotopic (exact) mass is 240 g/mol. The van der Waals surface area contributed by atoms with Crippen LogP contribution in [0.3, 0.4) is 0 Å². The maximum Gasteiger partial charge on any atom is 0.356 e. The van der Waals surface area contributed by atoms with E-state index in [1.54, 1.807) is 4.57 Å². The molecule has 0 saturated heterocycles. The van der Waals surface area contributed by atoms with Gasteiger partial charge in [0.25, 0.3) is 0 Å². The molecular weight excluding hydrogens is 224 g/mol. The van der Waals surface area contributed by atoms with Crippen molar-refractivity contribution in [2.24, 2.45) is 0 Å². The number of aromatic nitrogens is 2. The first kappa shape index (κ1) is 13.0. The van der Waals surface area contributed by atoms with Gasteiger partial charge in [0.2, 0.25) is 0 Å². The van der Waals surface area contributed by atoms with Crippen LogP contribution in [-0.4, -0.2) is 39.2 Å². The number of rotatable bonds is 5. The molecule has 0 saturated carbocycles. The van der Waals surface area contributed by atoms with Crippen molar-refractivity contribution in [1.29, 1.82) is 0 Å². The summed E-state index contributed by atoms with van der Waals surface area (Å²) in [6.45, 7) is 4.63. The Labute approximate surface area is 98.8 Å². The number of nitrogens with zero attached hydrogens (tertiary/aromatic N) is 2. The van der Waals surface area contributed by atoms with Gasteiger partial charge >= 0.3 is 12.0 Å². The fraction of sp³-hybridized carbons (Fsp3) is 0.500. The zero-order valence-corrected chi connectivity index (χ0v) is 9.80. The molecule has 7 nitrogen and oxygen atoms in total. The first-order chi connectivity index (χ1) is 7.99. The Hall–Kier alpha value is -2.05. The van der Waals surface area contributed by atoms with Crippen LogP contribution in [0.5, 0.6) is 0 Å². The highest BCUT2D eigenvalue weighted by Crippen LogP contribution is 1.95. The van der Waals surface area contributed by atoms with Gasteiger partial charge in [0.05, 0.1) is 6.33 Å². The third kappa shape index (κ3) is 4.54. The lowest BCUT2D eigenvalue weighted by Gasteiger charge is -2.09. The van der Waals surface area contributed by atoms with Gasteiger partial charge in [0.15, 0.2) is 5.69 Å². The van der Waals surface area contributed by atoms with Gasteiger partial charge in [-0.2, -0.15) is 0 Å². The number of hydrogen-bond acceptors (Lipinski definition) is 3. The van der Waals surface area contributed by atoms with Crippen LogP contribution in [0.4, 0.5) is 4.79 Å². The normalized spacial score (nSPS) is 10.3. The van der Waals surface area contributed by atoms with E-state index < -0.39 is 5.97 Å². The van der Waals surface area contributed by atoms with E-state index in [4.69, 9.17) is 5.11 Å². The Morgan fingerprint density at radius 1 is 1.53 bits per heavy atom. The van der Waals surface area contributed by atoms with Crippen LogP contribution in [0.2, 0.25) is 0 Å². The zero-order valence-electron chi connectivity index (χ0n) is 9.80. The van der Waals surface area contributed by atoms with Crippen molar-refractivity contribution in [3.05, 3.63) is 18.2 Å². The standard InChI is InChI=1S/C10H16N4O3/c1-7(2)13-10(17)11-3-4-14-5-8(9(15)16)12-6-14/h5-7H,3-4H2,1-2H3,(H,15,16)(H2,11,13,17). The van der Waals surface area contributed by atoms with Gasteiger partial charge in [-0.3, -0.25) is 0 Å². The smallest absolute Gasteiger partial charge is 0.356 e. The SMILES string of the molecule is CC(C)NC(=O)NCCn1cnc(C(=O)O)c1. The second-order valence-corrected chi connectivity index (χ2v) is 3.86. The molecule has 0 atom stereocenters. The Morgan fingerprint density at radius 2 is 2.24 bits per heavy atom. The van der Waals surface area contributed by atoms with Gasteiger partial charge < -0.3 is 20.3 Å². The summed E-state index contributed by atoms with van der Waals surface area (Å²) in [5.74, 6) is -1.06.